The molecule has 0 saturated heterocycles. The van der Waals surface area contributed by atoms with E-state index in [1.807, 2.05) is 38.1 Å². The number of para-hydroxylation sites is 1. The van der Waals surface area contributed by atoms with E-state index in [1.54, 1.807) is 7.11 Å². The number of carboxylic acids is 1. The number of methoxy groups -OCH3 is 1. The van der Waals surface area contributed by atoms with Crippen LogP contribution in [-0.4, -0.2) is 30.6 Å². The lowest BCUT2D eigenvalue weighted by Gasteiger charge is -2.24. The number of hydrogen-bond acceptors (Lipinski definition) is 3. The lowest BCUT2D eigenvalue weighted by atomic mass is 9.84. The van der Waals surface area contributed by atoms with Crippen LogP contribution in [0.15, 0.2) is 24.3 Å². The molecule has 0 saturated carbocycles. The summed E-state index contributed by atoms with van der Waals surface area (Å²) in [5.41, 5.74) is 0.320. The number of aliphatic carboxylic acids is 1. The van der Waals surface area contributed by atoms with Gasteiger partial charge in [-0.25, -0.2) is 0 Å². The third-order valence-electron chi connectivity index (χ3n) is 3.06. The van der Waals surface area contributed by atoms with Crippen LogP contribution < -0.4 is 10.1 Å². The molecule has 110 valence electrons. The predicted molar refractivity (Wildman–Crippen MR) is 75.7 cm³/mol. The van der Waals surface area contributed by atoms with Crippen LogP contribution >= 0.6 is 0 Å². The molecule has 0 aromatic heterocycles. The standard InChI is InChI=1S/C15H21NO4/c1-15(2,14(19)16-9-8-13(17)18)10-11-6-4-5-7-12(11)20-3/h4-7H,8-10H2,1-3H3,(H,16,19)(H,17,18). The van der Waals surface area contributed by atoms with Crippen molar-refractivity contribution in [3.63, 3.8) is 0 Å². The fourth-order valence-electron chi connectivity index (χ4n) is 1.93. The highest BCUT2D eigenvalue weighted by molar-refractivity contribution is 5.82. The van der Waals surface area contributed by atoms with Crippen LogP contribution in [0.5, 0.6) is 5.75 Å². The van der Waals surface area contributed by atoms with Gasteiger partial charge in [-0.1, -0.05) is 32.0 Å². The van der Waals surface area contributed by atoms with Gasteiger partial charge in [0.15, 0.2) is 0 Å². The molecular weight excluding hydrogens is 258 g/mol. The van der Waals surface area contributed by atoms with Crippen LogP contribution in [0.2, 0.25) is 0 Å². The van der Waals surface area contributed by atoms with Crippen LogP contribution in [0, 0.1) is 5.41 Å². The quantitative estimate of drug-likeness (QED) is 0.798. The average Bonchev–Trinajstić information content (AvgIpc) is 2.38. The number of carbonyl (C=O) groups excluding carboxylic acids is 1. The third kappa shape index (κ3) is 4.57. The van der Waals surface area contributed by atoms with Crippen molar-refractivity contribution in [3.8, 4) is 5.75 Å². The van der Waals surface area contributed by atoms with Crippen LogP contribution in [-0.2, 0) is 16.0 Å². The van der Waals surface area contributed by atoms with E-state index in [0.717, 1.165) is 11.3 Å². The number of amides is 1. The molecule has 5 nitrogen and oxygen atoms in total. The maximum Gasteiger partial charge on any atom is 0.305 e. The van der Waals surface area contributed by atoms with Gasteiger partial charge in [-0.05, 0) is 18.1 Å². The van der Waals surface area contributed by atoms with Gasteiger partial charge in [-0.15, -0.1) is 0 Å². The molecule has 0 radical (unpaired) electrons. The van der Waals surface area contributed by atoms with Crippen molar-refractivity contribution in [1.29, 1.82) is 0 Å². The molecule has 1 aromatic carbocycles. The van der Waals surface area contributed by atoms with E-state index in [1.165, 1.54) is 0 Å². The Balaban J connectivity index is 2.68. The van der Waals surface area contributed by atoms with Crippen LogP contribution in [0.25, 0.3) is 0 Å². The second-order valence-electron chi connectivity index (χ2n) is 5.27. The molecule has 0 unspecified atom stereocenters. The van der Waals surface area contributed by atoms with Crippen molar-refractivity contribution in [2.45, 2.75) is 26.7 Å². The summed E-state index contributed by atoms with van der Waals surface area (Å²) in [6.07, 6.45) is 0.451. The highest BCUT2D eigenvalue weighted by atomic mass is 16.5. The van der Waals surface area contributed by atoms with Gasteiger partial charge in [0, 0.05) is 12.0 Å². The summed E-state index contributed by atoms with van der Waals surface area (Å²) in [6.45, 7) is 3.80. The highest BCUT2D eigenvalue weighted by Crippen LogP contribution is 2.27. The Kier molecular flexibility index (Phi) is 5.55. The molecule has 0 bridgehead atoms. The Labute approximate surface area is 118 Å². The van der Waals surface area contributed by atoms with E-state index in [0.29, 0.717) is 6.42 Å². The molecule has 0 fully saturated rings. The minimum atomic E-state index is -0.923. The lowest BCUT2D eigenvalue weighted by molar-refractivity contribution is -0.137. The Morgan fingerprint density at radius 1 is 1.30 bits per heavy atom. The minimum absolute atomic E-state index is 0.0729. The monoisotopic (exact) mass is 279 g/mol. The first-order chi connectivity index (χ1) is 9.36. The van der Waals surface area contributed by atoms with Crippen molar-refractivity contribution < 1.29 is 19.4 Å². The number of rotatable bonds is 7. The van der Waals surface area contributed by atoms with Gasteiger partial charge < -0.3 is 15.2 Å². The van der Waals surface area contributed by atoms with Gasteiger partial charge in [0.05, 0.1) is 13.5 Å². The first-order valence-corrected chi connectivity index (χ1v) is 6.49. The molecule has 20 heavy (non-hydrogen) atoms. The van der Waals surface area contributed by atoms with Crippen molar-refractivity contribution in [2.75, 3.05) is 13.7 Å². The molecule has 2 N–H and O–H groups in total. The molecule has 0 atom stereocenters. The predicted octanol–water partition coefficient (Wildman–Crippen LogP) is 1.85. The third-order valence-corrected chi connectivity index (χ3v) is 3.06. The van der Waals surface area contributed by atoms with Crippen LogP contribution in [0.4, 0.5) is 0 Å². The lowest BCUT2D eigenvalue weighted by Crippen LogP contribution is -2.39. The van der Waals surface area contributed by atoms with Crippen molar-refractivity contribution in [2.24, 2.45) is 5.41 Å². The van der Waals surface area contributed by atoms with E-state index in [9.17, 15) is 9.59 Å². The summed E-state index contributed by atoms with van der Waals surface area (Å²) in [4.78, 5) is 22.5. The normalized spacial score (nSPS) is 10.9. The fraction of sp³-hybridized carbons (Fsp3) is 0.467. The molecule has 1 amide bonds. The summed E-state index contributed by atoms with van der Waals surface area (Å²) >= 11 is 0. The number of carbonyl (C=O) groups is 2. The Hall–Kier alpha value is -2.04. The highest BCUT2D eigenvalue weighted by Gasteiger charge is 2.28. The SMILES string of the molecule is COc1ccccc1CC(C)(C)C(=O)NCCC(=O)O. The zero-order valence-corrected chi connectivity index (χ0v) is 12.1. The molecule has 1 aromatic rings. The molecule has 0 aliphatic heterocycles. The largest absolute Gasteiger partial charge is 0.496 e. The topological polar surface area (TPSA) is 75.6 Å². The molecule has 0 heterocycles. The van der Waals surface area contributed by atoms with Gasteiger partial charge >= 0.3 is 5.97 Å². The number of hydrogen-bond donors (Lipinski definition) is 2. The van der Waals surface area contributed by atoms with Gasteiger partial charge in [-0.2, -0.15) is 0 Å². The van der Waals surface area contributed by atoms with E-state index in [-0.39, 0.29) is 18.9 Å². The summed E-state index contributed by atoms with van der Waals surface area (Å²) in [7, 11) is 1.60. The number of nitrogens with one attached hydrogen (secondary N) is 1. The summed E-state index contributed by atoms with van der Waals surface area (Å²) in [5.74, 6) is -0.337. The molecule has 0 spiro atoms. The smallest absolute Gasteiger partial charge is 0.305 e. The second kappa shape index (κ2) is 6.93. The Morgan fingerprint density at radius 3 is 2.55 bits per heavy atom. The fourth-order valence-corrected chi connectivity index (χ4v) is 1.93. The molecular formula is C15H21NO4. The van der Waals surface area contributed by atoms with Crippen LogP contribution in [0.1, 0.15) is 25.8 Å². The van der Waals surface area contributed by atoms with Gasteiger partial charge in [-0.3, -0.25) is 9.59 Å². The zero-order chi connectivity index (χ0) is 15.2. The van der Waals surface area contributed by atoms with Crippen molar-refractivity contribution in [3.05, 3.63) is 29.8 Å². The Morgan fingerprint density at radius 2 is 1.95 bits per heavy atom. The van der Waals surface area contributed by atoms with Gasteiger partial charge in [0.1, 0.15) is 5.75 Å². The first kappa shape index (κ1) is 16.0. The summed E-state index contributed by atoms with van der Waals surface area (Å²) < 4.78 is 5.27. The van der Waals surface area contributed by atoms with E-state index in [4.69, 9.17) is 9.84 Å². The molecule has 1 rings (SSSR count). The maximum absolute atomic E-state index is 12.1. The minimum Gasteiger partial charge on any atom is -0.496 e. The Bertz CT molecular complexity index is 483. The molecule has 0 aliphatic carbocycles. The number of ether oxygens (including phenoxy) is 1. The van der Waals surface area contributed by atoms with E-state index >= 15 is 0 Å². The van der Waals surface area contributed by atoms with E-state index < -0.39 is 11.4 Å². The number of benzene rings is 1. The molecule has 0 aliphatic rings. The van der Waals surface area contributed by atoms with Gasteiger partial charge in [0.2, 0.25) is 5.91 Å². The first-order valence-electron chi connectivity index (χ1n) is 6.49. The maximum atomic E-state index is 12.1. The second-order valence-corrected chi connectivity index (χ2v) is 5.27. The van der Waals surface area contributed by atoms with E-state index in [2.05, 4.69) is 5.32 Å². The van der Waals surface area contributed by atoms with Crippen molar-refractivity contribution >= 4 is 11.9 Å². The summed E-state index contributed by atoms with van der Waals surface area (Å²) in [6, 6.07) is 7.55. The number of carboxylic acid groups (broad SMARTS) is 1. The summed E-state index contributed by atoms with van der Waals surface area (Å²) in [5, 5.41) is 11.2. The van der Waals surface area contributed by atoms with Crippen molar-refractivity contribution in [1.82, 2.24) is 5.32 Å². The van der Waals surface area contributed by atoms with Gasteiger partial charge in [0.25, 0.3) is 0 Å². The molecule has 5 heteroatoms. The van der Waals surface area contributed by atoms with Crippen LogP contribution in [0.3, 0.4) is 0 Å². The average molecular weight is 279 g/mol. The zero-order valence-electron chi connectivity index (χ0n) is 12.1.